The zero-order valence-electron chi connectivity index (χ0n) is 9.03. The quantitative estimate of drug-likeness (QED) is 0.744. The molecule has 4 heteroatoms. The molecule has 4 nitrogen and oxygen atoms in total. The van der Waals surface area contributed by atoms with Crippen molar-refractivity contribution in [1.82, 2.24) is 14.9 Å². The molecular weight excluding hydrogens is 190 g/mol. The first kappa shape index (κ1) is 11.3. The Balaban J connectivity index is 2.64. The van der Waals surface area contributed by atoms with Crippen LogP contribution in [-0.2, 0) is 7.05 Å². The van der Waals surface area contributed by atoms with Gasteiger partial charge in [0, 0.05) is 7.05 Å². The number of nitrogens with one attached hydrogen (secondary N) is 1. The summed E-state index contributed by atoms with van der Waals surface area (Å²) < 4.78 is 1.66. The maximum absolute atomic E-state index is 11.7. The zero-order chi connectivity index (χ0) is 11.3. The van der Waals surface area contributed by atoms with Crippen LogP contribution in [0, 0.1) is 12.3 Å². The van der Waals surface area contributed by atoms with Crippen molar-refractivity contribution in [2.45, 2.75) is 25.8 Å². The van der Waals surface area contributed by atoms with Crippen molar-refractivity contribution in [3.8, 4) is 12.3 Å². The molecule has 0 aromatic carbocycles. The highest BCUT2D eigenvalue weighted by atomic mass is 16.2. The normalized spacial score (nSPS) is 11.8. The van der Waals surface area contributed by atoms with E-state index in [4.69, 9.17) is 6.42 Å². The number of nitrogens with zero attached hydrogens (tertiary/aromatic N) is 2. The number of carbonyl (C=O) groups excluding carboxylic acids is 1. The first-order valence-corrected chi connectivity index (χ1v) is 4.92. The highest BCUT2D eigenvalue weighted by molar-refractivity contribution is 5.92. The Labute approximate surface area is 89.7 Å². The van der Waals surface area contributed by atoms with Gasteiger partial charge in [-0.1, -0.05) is 19.3 Å². The Bertz CT molecular complexity index is 375. The Kier molecular flexibility index (Phi) is 3.92. The van der Waals surface area contributed by atoms with Crippen molar-refractivity contribution < 1.29 is 4.79 Å². The lowest BCUT2D eigenvalue weighted by molar-refractivity contribution is 0.0936. The summed E-state index contributed by atoms with van der Waals surface area (Å²) in [6.07, 6.45) is 10.2. The molecule has 0 saturated carbocycles. The summed E-state index contributed by atoms with van der Waals surface area (Å²) >= 11 is 0. The van der Waals surface area contributed by atoms with E-state index in [2.05, 4.69) is 16.2 Å². The summed E-state index contributed by atoms with van der Waals surface area (Å²) in [5.74, 6) is 2.38. The summed E-state index contributed by atoms with van der Waals surface area (Å²) in [7, 11) is 1.77. The summed E-state index contributed by atoms with van der Waals surface area (Å²) in [6.45, 7) is 2.03. The first-order valence-electron chi connectivity index (χ1n) is 4.92. The number of hydrogen-bond acceptors (Lipinski definition) is 2. The fourth-order valence-electron chi connectivity index (χ4n) is 1.29. The van der Waals surface area contributed by atoms with E-state index in [9.17, 15) is 4.79 Å². The van der Waals surface area contributed by atoms with Crippen molar-refractivity contribution in [1.29, 1.82) is 0 Å². The number of carbonyl (C=O) groups is 1. The second-order valence-corrected chi connectivity index (χ2v) is 3.37. The maximum Gasteiger partial charge on any atom is 0.270 e. The van der Waals surface area contributed by atoms with Gasteiger partial charge in [-0.15, -0.1) is 6.42 Å². The van der Waals surface area contributed by atoms with Crippen LogP contribution in [0.2, 0.25) is 0 Å². The number of aromatic nitrogens is 2. The van der Waals surface area contributed by atoms with E-state index in [0.717, 1.165) is 12.8 Å². The van der Waals surface area contributed by atoms with Crippen LogP contribution in [0.3, 0.4) is 0 Å². The van der Waals surface area contributed by atoms with Crippen LogP contribution in [0.4, 0.5) is 0 Å². The maximum atomic E-state index is 11.7. The number of hydrogen-bond donors (Lipinski definition) is 1. The zero-order valence-corrected chi connectivity index (χ0v) is 9.03. The van der Waals surface area contributed by atoms with Crippen molar-refractivity contribution in [3.63, 3.8) is 0 Å². The molecule has 0 aliphatic rings. The Hall–Kier alpha value is -1.76. The predicted molar refractivity (Wildman–Crippen MR) is 58.2 cm³/mol. The molecule has 1 unspecified atom stereocenters. The standard InChI is InChI=1S/C11H15N3O/c1-4-6-9(5-2)13-11(15)10-7-12-8-14(10)3/h2,7-9H,4,6H2,1,3H3,(H,13,15). The molecule has 0 aliphatic carbocycles. The SMILES string of the molecule is C#CC(CCC)NC(=O)c1cncn1C. The molecule has 1 aromatic heterocycles. The molecule has 0 spiro atoms. The van der Waals surface area contributed by atoms with E-state index in [-0.39, 0.29) is 11.9 Å². The van der Waals surface area contributed by atoms with Crippen LogP contribution in [0.5, 0.6) is 0 Å². The van der Waals surface area contributed by atoms with Crippen molar-refractivity contribution in [2.24, 2.45) is 7.05 Å². The Morgan fingerprint density at radius 2 is 2.53 bits per heavy atom. The second-order valence-electron chi connectivity index (χ2n) is 3.37. The average molecular weight is 205 g/mol. The van der Waals surface area contributed by atoms with Gasteiger partial charge >= 0.3 is 0 Å². The number of terminal acetylenes is 1. The van der Waals surface area contributed by atoms with E-state index in [0.29, 0.717) is 5.69 Å². The lowest BCUT2D eigenvalue weighted by Crippen LogP contribution is -2.34. The predicted octanol–water partition coefficient (Wildman–Crippen LogP) is 0.952. The van der Waals surface area contributed by atoms with Crippen molar-refractivity contribution >= 4 is 5.91 Å². The fourth-order valence-corrected chi connectivity index (χ4v) is 1.29. The molecule has 80 valence electrons. The molecule has 0 aliphatic heterocycles. The monoisotopic (exact) mass is 205 g/mol. The number of aryl methyl sites for hydroxylation is 1. The lowest BCUT2D eigenvalue weighted by atomic mass is 10.2. The highest BCUT2D eigenvalue weighted by Crippen LogP contribution is 2.00. The lowest BCUT2D eigenvalue weighted by Gasteiger charge is -2.11. The summed E-state index contributed by atoms with van der Waals surface area (Å²) in [6, 6.07) is -0.197. The van der Waals surface area contributed by atoms with E-state index in [1.54, 1.807) is 17.9 Å². The average Bonchev–Trinajstić information content (AvgIpc) is 2.63. The van der Waals surface area contributed by atoms with Gasteiger partial charge in [0.15, 0.2) is 0 Å². The summed E-state index contributed by atoms with van der Waals surface area (Å²) in [5.41, 5.74) is 0.520. The minimum atomic E-state index is -0.197. The van der Waals surface area contributed by atoms with E-state index >= 15 is 0 Å². The number of amides is 1. The first-order chi connectivity index (χ1) is 7.19. The second kappa shape index (κ2) is 5.20. The van der Waals surface area contributed by atoms with E-state index in [1.807, 2.05) is 6.92 Å². The molecule has 1 N–H and O–H groups in total. The third-order valence-electron chi connectivity index (χ3n) is 2.13. The van der Waals surface area contributed by atoms with Gasteiger partial charge in [-0.05, 0) is 6.42 Å². The van der Waals surface area contributed by atoms with Gasteiger partial charge in [0.25, 0.3) is 5.91 Å². The van der Waals surface area contributed by atoms with Gasteiger partial charge in [0.1, 0.15) is 5.69 Å². The summed E-state index contributed by atoms with van der Waals surface area (Å²) in [5, 5.41) is 2.77. The molecule has 0 fully saturated rings. The van der Waals surface area contributed by atoms with Gasteiger partial charge in [-0.25, -0.2) is 4.98 Å². The van der Waals surface area contributed by atoms with Crippen LogP contribution in [-0.4, -0.2) is 21.5 Å². The smallest absolute Gasteiger partial charge is 0.270 e. The number of rotatable bonds is 4. The Morgan fingerprint density at radius 1 is 1.80 bits per heavy atom. The summed E-state index contributed by atoms with van der Waals surface area (Å²) in [4.78, 5) is 15.6. The third kappa shape index (κ3) is 2.84. The van der Waals surface area contributed by atoms with Gasteiger partial charge in [-0.2, -0.15) is 0 Å². The molecular formula is C11H15N3O. The molecule has 0 radical (unpaired) electrons. The molecule has 0 saturated heterocycles. The molecule has 1 heterocycles. The topological polar surface area (TPSA) is 46.9 Å². The van der Waals surface area contributed by atoms with Crippen LogP contribution >= 0.6 is 0 Å². The fraction of sp³-hybridized carbons (Fsp3) is 0.455. The number of imidazole rings is 1. The largest absolute Gasteiger partial charge is 0.337 e. The minimum Gasteiger partial charge on any atom is -0.337 e. The van der Waals surface area contributed by atoms with Gasteiger partial charge in [0.2, 0.25) is 0 Å². The van der Waals surface area contributed by atoms with Crippen LogP contribution in [0.15, 0.2) is 12.5 Å². The van der Waals surface area contributed by atoms with Crippen LogP contribution < -0.4 is 5.32 Å². The molecule has 0 bridgehead atoms. The third-order valence-corrected chi connectivity index (χ3v) is 2.13. The molecule has 1 aromatic rings. The highest BCUT2D eigenvalue weighted by Gasteiger charge is 2.13. The van der Waals surface area contributed by atoms with Crippen molar-refractivity contribution in [3.05, 3.63) is 18.2 Å². The van der Waals surface area contributed by atoms with Crippen molar-refractivity contribution in [2.75, 3.05) is 0 Å². The molecule has 1 rings (SSSR count). The molecule has 1 amide bonds. The van der Waals surface area contributed by atoms with Gasteiger partial charge in [0.05, 0.1) is 18.6 Å². The van der Waals surface area contributed by atoms with E-state index < -0.39 is 0 Å². The van der Waals surface area contributed by atoms with Gasteiger partial charge in [-0.3, -0.25) is 4.79 Å². The molecule has 15 heavy (non-hydrogen) atoms. The Morgan fingerprint density at radius 3 is 3.00 bits per heavy atom. The molecule has 1 atom stereocenters. The van der Waals surface area contributed by atoms with Crippen LogP contribution in [0.1, 0.15) is 30.3 Å². The minimum absolute atomic E-state index is 0.175. The van der Waals surface area contributed by atoms with Gasteiger partial charge < -0.3 is 9.88 Å². The van der Waals surface area contributed by atoms with E-state index in [1.165, 1.54) is 6.20 Å². The van der Waals surface area contributed by atoms with Crippen LogP contribution in [0.25, 0.3) is 0 Å².